The van der Waals surface area contributed by atoms with Gasteiger partial charge in [0, 0.05) is 34.3 Å². The molecule has 2 aromatic carbocycles. The average molecular weight is 390 g/mol. The summed E-state index contributed by atoms with van der Waals surface area (Å²) in [5.41, 5.74) is 0.799. The van der Waals surface area contributed by atoms with Crippen LogP contribution in [0.15, 0.2) is 75.9 Å². The summed E-state index contributed by atoms with van der Waals surface area (Å²) >= 11 is 8.92. The number of imidazole rings is 1. The first-order valence-corrected chi connectivity index (χ1v) is 9.72. The normalized spacial score (nSPS) is 10.6. The number of thioether (sulfide) groups is 1. The fraction of sp³-hybridized carbons (Fsp3) is 0.111. The molecule has 25 heavy (non-hydrogen) atoms. The fourth-order valence-corrected chi connectivity index (χ4v) is 3.86. The van der Waals surface area contributed by atoms with Crippen LogP contribution in [0, 0.1) is 0 Å². The summed E-state index contributed by atoms with van der Waals surface area (Å²) in [6.45, 7) is 0. The zero-order valence-corrected chi connectivity index (χ0v) is 15.9. The fourth-order valence-electron chi connectivity index (χ4n) is 2.10. The number of carbonyl (C=O) groups is 1. The van der Waals surface area contributed by atoms with Crippen molar-refractivity contribution in [3.8, 4) is 0 Å². The minimum Gasteiger partial charge on any atom is -0.329 e. The van der Waals surface area contributed by atoms with E-state index in [4.69, 9.17) is 11.6 Å². The third-order valence-corrected chi connectivity index (χ3v) is 5.71. The maximum Gasteiger partial charge on any atom is 0.234 e. The van der Waals surface area contributed by atoms with Gasteiger partial charge in [-0.15, -0.1) is 0 Å². The number of para-hydroxylation sites is 1. The molecule has 0 aliphatic rings. The molecular formula is C18H16ClN3OS2. The van der Waals surface area contributed by atoms with Crippen molar-refractivity contribution < 1.29 is 4.79 Å². The van der Waals surface area contributed by atoms with Crippen molar-refractivity contribution in [2.45, 2.75) is 14.9 Å². The molecule has 0 atom stereocenters. The molecule has 0 saturated carbocycles. The number of nitrogens with zero attached hydrogens (tertiary/aromatic N) is 2. The second-order valence-corrected chi connectivity index (χ2v) is 7.70. The third-order valence-electron chi connectivity index (χ3n) is 3.31. The van der Waals surface area contributed by atoms with Crippen molar-refractivity contribution in [2.24, 2.45) is 7.05 Å². The number of nitrogens with one attached hydrogen (secondary N) is 1. The summed E-state index contributed by atoms with van der Waals surface area (Å²) in [4.78, 5) is 18.5. The molecule has 128 valence electrons. The van der Waals surface area contributed by atoms with Crippen LogP contribution in [-0.2, 0) is 11.8 Å². The summed E-state index contributed by atoms with van der Waals surface area (Å²) in [6.07, 6.45) is 3.58. The van der Waals surface area contributed by atoms with Crippen molar-refractivity contribution in [3.63, 3.8) is 0 Å². The lowest BCUT2D eigenvalue weighted by Crippen LogP contribution is -2.15. The van der Waals surface area contributed by atoms with E-state index in [2.05, 4.69) is 10.3 Å². The monoisotopic (exact) mass is 389 g/mol. The Morgan fingerprint density at radius 2 is 1.96 bits per heavy atom. The molecule has 0 unspecified atom stereocenters. The minimum atomic E-state index is -0.0582. The van der Waals surface area contributed by atoms with Gasteiger partial charge in [0.05, 0.1) is 11.4 Å². The van der Waals surface area contributed by atoms with Crippen molar-refractivity contribution >= 4 is 46.7 Å². The molecule has 0 fully saturated rings. The van der Waals surface area contributed by atoms with Gasteiger partial charge in [-0.1, -0.05) is 47.3 Å². The maximum absolute atomic E-state index is 12.3. The highest BCUT2D eigenvalue weighted by molar-refractivity contribution is 8.00. The van der Waals surface area contributed by atoms with Crippen LogP contribution in [0.25, 0.3) is 0 Å². The first-order valence-electron chi connectivity index (χ1n) is 7.54. The summed E-state index contributed by atoms with van der Waals surface area (Å²) < 4.78 is 1.89. The van der Waals surface area contributed by atoms with Crippen molar-refractivity contribution in [1.29, 1.82) is 0 Å². The highest BCUT2D eigenvalue weighted by Gasteiger charge is 2.10. The van der Waals surface area contributed by atoms with Crippen LogP contribution in [-0.4, -0.2) is 21.2 Å². The van der Waals surface area contributed by atoms with E-state index in [1.165, 1.54) is 11.8 Å². The second-order valence-electron chi connectivity index (χ2n) is 5.21. The van der Waals surface area contributed by atoms with Gasteiger partial charge < -0.3 is 9.88 Å². The first-order chi connectivity index (χ1) is 12.1. The number of anilines is 1. The Bertz CT molecular complexity index is 865. The van der Waals surface area contributed by atoms with Crippen LogP contribution in [0.3, 0.4) is 0 Å². The molecule has 1 heterocycles. The van der Waals surface area contributed by atoms with E-state index in [9.17, 15) is 4.79 Å². The van der Waals surface area contributed by atoms with Gasteiger partial charge in [0.25, 0.3) is 0 Å². The summed E-state index contributed by atoms with van der Waals surface area (Å²) in [5.74, 6) is 0.252. The zero-order chi connectivity index (χ0) is 17.6. The molecule has 0 radical (unpaired) electrons. The molecular weight excluding hydrogens is 374 g/mol. The highest BCUT2D eigenvalue weighted by atomic mass is 35.5. The molecule has 0 aliphatic carbocycles. The van der Waals surface area contributed by atoms with Gasteiger partial charge in [0.15, 0.2) is 5.16 Å². The van der Waals surface area contributed by atoms with Gasteiger partial charge in [-0.25, -0.2) is 4.98 Å². The molecule has 7 heteroatoms. The molecule has 1 aromatic heterocycles. The number of hydrogen-bond acceptors (Lipinski definition) is 4. The number of rotatable bonds is 6. The van der Waals surface area contributed by atoms with Crippen LogP contribution >= 0.6 is 35.1 Å². The molecule has 1 N–H and O–H groups in total. The number of aryl methyl sites for hydroxylation is 1. The van der Waals surface area contributed by atoms with Crippen LogP contribution in [0.5, 0.6) is 0 Å². The molecule has 1 amide bonds. The van der Waals surface area contributed by atoms with Gasteiger partial charge in [-0.3, -0.25) is 4.79 Å². The Labute approximate surface area is 160 Å². The van der Waals surface area contributed by atoms with Gasteiger partial charge in [-0.05, 0) is 36.4 Å². The summed E-state index contributed by atoms with van der Waals surface area (Å²) in [5, 5.41) is 4.50. The predicted octanol–water partition coefficient (Wildman–Crippen LogP) is 4.96. The Kier molecular flexibility index (Phi) is 6.07. The molecule has 0 aliphatic heterocycles. The molecule has 0 spiro atoms. The van der Waals surface area contributed by atoms with Gasteiger partial charge >= 0.3 is 0 Å². The third kappa shape index (κ3) is 5.04. The maximum atomic E-state index is 12.3. The van der Waals surface area contributed by atoms with E-state index < -0.39 is 0 Å². The Morgan fingerprint density at radius 1 is 1.20 bits per heavy atom. The van der Waals surface area contributed by atoms with Gasteiger partial charge in [0.2, 0.25) is 5.91 Å². The number of benzene rings is 2. The SMILES string of the molecule is Cn1ccnc1SCC(=O)Nc1ccccc1Sc1ccc(Cl)cc1. The molecule has 3 aromatic rings. The van der Waals surface area contributed by atoms with E-state index in [0.717, 1.165) is 20.6 Å². The lowest BCUT2D eigenvalue weighted by Gasteiger charge is -2.10. The Morgan fingerprint density at radius 3 is 2.68 bits per heavy atom. The van der Waals surface area contributed by atoms with Crippen molar-refractivity contribution in [2.75, 3.05) is 11.1 Å². The molecule has 4 nitrogen and oxygen atoms in total. The lowest BCUT2D eigenvalue weighted by molar-refractivity contribution is -0.113. The van der Waals surface area contributed by atoms with Crippen LogP contribution in [0.1, 0.15) is 0 Å². The number of carbonyl (C=O) groups excluding carboxylic acids is 1. The molecule has 3 rings (SSSR count). The van der Waals surface area contributed by atoms with Crippen molar-refractivity contribution in [3.05, 3.63) is 65.9 Å². The highest BCUT2D eigenvalue weighted by Crippen LogP contribution is 2.34. The number of amides is 1. The topological polar surface area (TPSA) is 46.9 Å². The minimum absolute atomic E-state index is 0.0582. The largest absolute Gasteiger partial charge is 0.329 e. The Balaban J connectivity index is 1.65. The van der Waals surface area contributed by atoms with E-state index in [1.54, 1.807) is 18.0 Å². The summed E-state index contributed by atoms with van der Waals surface area (Å²) in [7, 11) is 1.91. The molecule has 0 saturated heterocycles. The van der Waals surface area contributed by atoms with Gasteiger partial charge in [0.1, 0.15) is 0 Å². The van der Waals surface area contributed by atoms with Crippen molar-refractivity contribution in [1.82, 2.24) is 9.55 Å². The number of aromatic nitrogens is 2. The number of hydrogen-bond donors (Lipinski definition) is 1. The second kappa shape index (κ2) is 8.47. The first kappa shape index (κ1) is 17.9. The summed E-state index contributed by atoms with van der Waals surface area (Å²) in [6, 6.07) is 15.4. The smallest absolute Gasteiger partial charge is 0.234 e. The van der Waals surface area contributed by atoms with Gasteiger partial charge in [-0.2, -0.15) is 0 Å². The van der Waals surface area contributed by atoms with Crippen LogP contribution in [0.2, 0.25) is 5.02 Å². The lowest BCUT2D eigenvalue weighted by atomic mass is 10.3. The average Bonchev–Trinajstić information content (AvgIpc) is 3.02. The van der Waals surface area contributed by atoms with E-state index in [-0.39, 0.29) is 5.91 Å². The van der Waals surface area contributed by atoms with Crippen LogP contribution < -0.4 is 5.32 Å². The quantitative estimate of drug-likeness (QED) is 0.605. The molecule has 0 bridgehead atoms. The number of halogens is 1. The van der Waals surface area contributed by atoms with E-state index in [0.29, 0.717) is 10.8 Å². The standard InChI is InChI=1S/C18H16ClN3OS2/c1-22-11-10-20-18(22)24-12-17(23)21-15-4-2-3-5-16(15)25-14-8-6-13(19)7-9-14/h2-11H,12H2,1H3,(H,21,23). The van der Waals surface area contributed by atoms with E-state index in [1.807, 2.05) is 66.3 Å². The zero-order valence-electron chi connectivity index (χ0n) is 13.5. The van der Waals surface area contributed by atoms with Crippen LogP contribution in [0.4, 0.5) is 5.69 Å². The Hall–Kier alpha value is -1.89. The van der Waals surface area contributed by atoms with E-state index >= 15 is 0 Å². The predicted molar refractivity (Wildman–Crippen MR) is 105 cm³/mol.